The SMILES string of the molecule is Cc1cc(C)cc(N(CCCC(=O)Nc2ccccc2C(=O)N2CCOCC2)S(C)(=O)=O)c1. The number of para-hydroxylation sites is 1. The van der Waals surface area contributed by atoms with E-state index < -0.39 is 10.0 Å². The molecule has 2 amide bonds. The highest BCUT2D eigenvalue weighted by atomic mass is 32.2. The molecular formula is C24H31N3O5S. The molecule has 178 valence electrons. The van der Waals surface area contributed by atoms with Crippen LogP contribution in [0, 0.1) is 13.8 Å². The fourth-order valence-corrected chi connectivity index (χ4v) is 4.84. The van der Waals surface area contributed by atoms with Crippen LogP contribution < -0.4 is 9.62 Å². The van der Waals surface area contributed by atoms with Crippen LogP contribution in [-0.4, -0.2) is 64.2 Å². The third-order valence-corrected chi connectivity index (χ3v) is 6.58. The molecule has 2 aromatic rings. The number of ether oxygens (including phenoxy) is 1. The average molecular weight is 474 g/mol. The van der Waals surface area contributed by atoms with Crippen LogP contribution in [0.4, 0.5) is 11.4 Å². The predicted octanol–water partition coefficient (Wildman–Crippen LogP) is 2.96. The number of nitrogens with zero attached hydrogens (tertiary/aromatic N) is 2. The highest BCUT2D eigenvalue weighted by Crippen LogP contribution is 2.22. The van der Waals surface area contributed by atoms with E-state index in [2.05, 4.69) is 5.32 Å². The Morgan fingerprint density at radius 1 is 1.06 bits per heavy atom. The monoisotopic (exact) mass is 473 g/mol. The van der Waals surface area contributed by atoms with Crippen LogP contribution in [-0.2, 0) is 19.6 Å². The number of aryl methyl sites for hydroxylation is 2. The zero-order chi connectivity index (χ0) is 24.0. The third kappa shape index (κ3) is 6.79. The number of rotatable bonds is 8. The molecule has 0 spiro atoms. The summed E-state index contributed by atoms with van der Waals surface area (Å²) in [5.74, 6) is -0.418. The molecule has 8 nitrogen and oxygen atoms in total. The summed E-state index contributed by atoms with van der Waals surface area (Å²) in [5.41, 5.74) is 3.42. The van der Waals surface area contributed by atoms with E-state index in [0.717, 1.165) is 17.4 Å². The molecule has 33 heavy (non-hydrogen) atoms. The zero-order valence-electron chi connectivity index (χ0n) is 19.3. The second-order valence-corrected chi connectivity index (χ2v) is 10.2. The summed E-state index contributed by atoms with van der Waals surface area (Å²) < 4.78 is 31.4. The van der Waals surface area contributed by atoms with Crippen LogP contribution in [0.1, 0.15) is 34.3 Å². The second kappa shape index (κ2) is 10.8. The number of sulfonamides is 1. The van der Waals surface area contributed by atoms with E-state index in [-0.39, 0.29) is 24.8 Å². The van der Waals surface area contributed by atoms with Crippen molar-refractivity contribution in [2.24, 2.45) is 0 Å². The highest BCUT2D eigenvalue weighted by molar-refractivity contribution is 7.92. The molecule has 1 N–H and O–H groups in total. The van der Waals surface area contributed by atoms with Crippen LogP contribution in [0.25, 0.3) is 0 Å². The summed E-state index contributed by atoms with van der Waals surface area (Å²) in [5, 5.41) is 2.82. The van der Waals surface area contributed by atoms with E-state index in [1.54, 1.807) is 29.2 Å². The van der Waals surface area contributed by atoms with Gasteiger partial charge in [0, 0.05) is 26.1 Å². The van der Waals surface area contributed by atoms with Gasteiger partial charge in [-0.15, -0.1) is 0 Å². The van der Waals surface area contributed by atoms with Crippen LogP contribution in [0.3, 0.4) is 0 Å². The topological polar surface area (TPSA) is 96.0 Å². The number of carbonyl (C=O) groups excluding carboxylic acids is 2. The number of nitrogens with one attached hydrogen (secondary N) is 1. The molecule has 0 aromatic heterocycles. The van der Waals surface area contributed by atoms with E-state index in [1.807, 2.05) is 32.0 Å². The van der Waals surface area contributed by atoms with Crippen molar-refractivity contribution in [1.82, 2.24) is 4.90 Å². The van der Waals surface area contributed by atoms with Crippen LogP contribution >= 0.6 is 0 Å². The first-order chi connectivity index (χ1) is 15.6. The lowest BCUT2D eigenvalue weighted by Gasteiger charge is -2.27. The first-order valence-corrected chi connectivity index (χ1v) is 12.8. The van der Waals surface area contributed by atoms with Gasteiger partial charge in [0.1, 0.15) is 0 Å². The maximum atomic E-state index is 12.9. The Labute approximate surface area is 195 Å². The Morgan fingerprint density at radius 3 is 2.33 bits per heavy atom. The lowest BCUT2D eigenvalue weighted by atomic mass is 10.1. The van der Waals surface area contributed by atoms with E-state index in [1.165, 1.54) is 4.31 Å². The van der Waals surface area contributed by atoms with Crippen LogP contribution in [0.15, 0.2) is 42.5 Å². The van der Waals surface area contributed by atoms with Crippen molar-refractivity contribution < 1.29 is 22.7 Å². The normalized spacial score (nSPS) is 14.1. The molecule has 0 radical (unpaired) electrons. The number of anilines is 2. The summed E-state index contributed by atoms with van der Waals surface area (Å²) in [7, 11) is -3.50. The number of carbonyl (C=O) groups is 2. The minimum atomic E-state index is -3.50. The lowest BCUT2D eigenvalue weighted by molar-refractivity contribution is -0.116. The number of benzene rings is 2. The molecule has 9 heteroatoms. The number of amides is 2. The molecule has 0 aliphatic carbocycles. The van der Waals surface area contributed by atoms with Gasteiger partial charge in [-0.3, -0.25) is 13.9 Å². The molecule has 0 bridgehead atoms. The standard InChI is InChI=1S/C24H31N3O5S/c1-18-15-19(2)17-20(16-18)27(33(3,30)31)10-6-9-23(28)25-22-8-5-4-7-21(22)24(29)26-11-13-32-14-12-26/h4-5,7-8,15-17H,6,9-14H2,1-3H3,(H,25,28). The van der Waals surface area contributed by atoms with Crippen molar-refractivity contribution in [2.75, 3.05) is 48.7 Å². The largest absolute Gasteiger partial charge is 0.378 e. The van der Waals surface area contributed by atoms with Crippen LogP contribution in [0.2, 0.25) is 0 Å². The molecular weight excluding hydrogens is 442 g/mol. The van der Waals surface area contributed by atoms with Crippen molar-refractivity contribution in [3.63, 3.8) is 0 Å². The van der Waals surface area contributed by atoms with Gasteiger partial charge in [-0.1, -0.05) is 18.2 Å². The van der Waals surface area contributed by atoms with Gasteiger partial charge in [0.05, 0.1) is 36.4 Å². The van der Waals surface area contributed by atoms with Gasteiger partial charge in [0.2, 0.25) is 15.9 Å². The Morgan fingerprint density at radius 2 is 1.70 bits per heavy atom. The van der Waals surface area contributed by atoms with E-state index in [4.69, 9.17) is 4.74 Å². The Kier molecular flexibility index (Phi) is 8.10. The fraction of sp³-hybridized carbons (Fsp3) is 0.417. The Balaban J connectivity index is 1.64. The molecule has 1 heterocycles. The lowest BCUT2D eigenvalue weighted by Crippen LogP contribution is -2.41. The third-order valence-electron chi connectivity index (χ3n) is 5.39. The summed E-state index contributed by atoms with van der Waals surface area (Å²) in [6, 6.07) is 12.5. The molecule has 0 saturated carbocycles. The maximum Gasteiger partial charge on any atom is 0.256 e. The summed E-state index contributed by atoms with van der Waals surface area (Å²) in [4.78, 5) is 27.2. The van der Waals surface area contributed by atoms with Gasteiger partial charge < -0.3 is 15.0 Å². The number of hydrogen-bond donors (Lipinski definition) is 1. The molecule has 0 atom stereocenters. The summed E-state index contributed by atoms with van der Waals surface area (Å²) in [6.45, 7) is 6.04. The Bertz CT molecular complexity index is 1090. The van der Waals surface area contributed by atoms with Crippen molar-refractivity contribution in [1.29, 1.82) is 0 Å². The van der Waals surface area contributed by atoms with Gasteiger partial charge in [-0.25, -0.2) is 8.42 Å². The smallest absolute Gasteiger partial charge is 0.256 e. The predicted molar refractivity (Wildman–Crippen MR) is 129 cm³/mol. The summed E-state index contributed by atoms with van der Waals surface area (Å²) in [6.07, 6.45) is 1.63. The molecule has 1 aliphatic heterocycles. The maximum absolute atomic E-state index is 12.9. The van der Waals surface area contributed by atoms with Gasteiger partial charge in [0.25, 0.3) is 5.91 Å². The Hall–Kier alpha value is -2.91. The van der Waals surface area contributed by atoms with Crippen LogP contribution in [0.5, 0.6) is 0 Å². The van der Waals surface area contributed by atoms with Crippen molar-refractivity contribution in [3.8, 4) is 0 Å². The fourth-order valence-electron chi connectivity index (χ4n) is 3.89. The van der Waals surface area contributed by atoms with E-state index in [0.29, 0.717) is 49.7 Å². The van der Waals surface area contributed by atoms with Crippen molar-refractivity contribution in [3.05, 3.63) is 59.2 Å². The van der Waals surface area contributed by atoms with E-state index in [9.17, 15) is 18.0 Å². The average Bonchev–Trinajstić information content (AvgIpc) is 2.75. The first-order valence-electron chi connectivity index (χ1n) is 11.0. The van der Waals surface area contributed by atoms with Crippen molar-refractivity contribution in [2.45, 2.75) is 26.7 Å². The molecule has 1 saturated heterocycles. The quantitative estimate of drug-likeness (QED) is 0.636. The number of morpholine rings is 1. The van der Waals surface area contributed by atoms with Gasteiger partial charge in [-0.05, 0) is 55.7 Å². The molecule has 2 aromatic carbocycles. The number of hydrogen-bond acceptors (Lipinski definition) is 5. The van der Waals surface area contributed by atoms with Gasteiger partial charge in [0.15, 0.2) is 0 Å². The molecule has 1 fully saturated rings. The first kappa shape index (κ1) is 24.7. The van der Waals surface area contributed by atoms with E-state index >= 15 is 0 Å². The molecule has 0 unspecified atom stereocenters. The summed E-state index contributed by atoms with van der Waals surface area (Å²) >= 11 is 0. The molecule has 3 rings (SSSR count). The van der Waals surface area contributed by atoms with Gasteiger partial charge >= 0.3 is 0 Å². The second-order valence-electron chi connectivity index (χ2n) is 8.28. The zero-order valence-corrected chi connectivity index (χ0v) is 20.2. The van der Waals surface area contributed by atoms with Crippen molar-refractivity contribution >= 4 is 33.2 Å². The highest BCUT2D eigenvalue weighted by Gasteiger charge is 2.22. The van der Waals surface area contributed by atoms with Gasteiger partial charge in [-0.2, -0.15) is 0 Å². The minimum absolute atomic E-state index is 0.122. The minimum Gasteiger partial charge on any atom is -0.378 e. The molecule has 1 aliphatic rings.